The van der Waals surface area contributed by atoms with E-state index in [9.17, 15) is 27.6 Å². The zero-order valence-corrected chi connectivity index (χ0v) is 18.9. The highest BCUT2D eigenvalue weighted by Crippen LogP contribution is 2.41. The van der Waals surface area contributed by atoms with Crippen LogP contribution in [-0.2, 0) is 15.0 Å². The molecule has 1 aliphatic heterocycles. The average molecular weight is 475 g/mol. The number of primary amides is 1. The maximum atomic E-state index is 13.1. The van der Waals surface area contributed by atoms with E-state index in [1.165, 1.54) is 28.4 Å². The number of hydrogen-bond acceptors (Lipinski definition) is 7. The zero-order chi connectivity index (χ0) is 24.3. The monoisotopic (exact) mass is 474 g/mol. The number of carbonyl (C=O) groups excluding carboxylic acids is 2. The summed E-state index contributed by atoms with van der Waals surface area (Å²) in [4.78, 5) is 38.8. The highest BCUT2D eigenvalue weighted by molar-refractivity contribution is 7.19. The first-order valence-electron chi connectivity index (χ1n) is 9.70. The molecule has 2 aromatic heterocycles. The lowest BCUT2D eigenvalue weighted by Crippen LogP contribution is -2.39. The molecule has 32 heavy (non-hydrogen) atoms. The Labute approximate surface area is 186 Å². The van der Waals surface area contributed by atoms with Crippen LogP contribution < -0.4 is 16.7 Å². The highest BCUT2D eigenvalue weighted by Gasteiger charge is 2.50. The van der Waals surface area contributed by atoms with Crippen molar-refractivity contribution in [3.05, 3.63) is 34.0 Å². The Bertz CT molecular complexity index is 1030. The minimum Gasteiger partial charge on any atom is -0.427 e. The van der Waals surface area contributed by atoms with Gasteiger partial charge in [-0.3, -0.25) is 9.59 Å². The van der Waals surface area contributed by atoms with Gasteiger partial charge >= 0.3 is 11.8 Å². The quantitative estimate of drug-likeness (QED) is 0.643. The molecule has 0 aromatic carbocycles. The first kappa shape index (κ1) is 25.4. The summed E-state index contributed by atoms with van der Waals surface area (Å²) in [6.45, 7) is 4.36. The lowest BCUT2D eigenvalue weighted by atomic mass is 9.88. The summed E-state index contributed by atoms with van der Waals surface area (Å²) < 4.78 is 44.2. The molecule has 2 aromatic rings. The Morgan fingerprint density at radius 1 is 1.38 bits per heavy atom. The molecule has 1 saturated heterocycles. The Morgan fingerprint density at radius 2 is 2.03 bits per heavy atom. The lowest BCUT2D eigenvalue weighted by molar-refractivity contribution is -0.185. The summed E-state index contributed by atoms with van der Waals surface area (Å²) in [6, 6.07) is 2.09. The fourth-order valence-electron chi connectivity index (χ4n) is 3.05. The number of rotatable bonds is 5. The van der Waals surface area contributed by atoms with Crippen LogP contribution in [0.15, 0.2) is 21.3 Å². The number of amides is 2. The van der Waals surface area contributed by atoms with Crippen LogP contribution in [-0.4, -0.2) is 48.0 Å². The molecule has 8 nitrogen and oxygen atoms in total. The SMILES string of the molecule is CNc1nc(C)c(-c2cc(C(C)(C)C(F)(F)F)oc(=O)c2)s1.NC(=O)C1CCCN1C=O. The number of alkyl halides is 3. The van der Waals surface area contributed by atoms with E-state index in [2.05, 4.69) is 10.3 Å². The van der Waals surface area contributed by atoms with E-state index < -0.39 is 28.9 Å². The van der Waals surface area contributed by atoms with Crippen molar-refractivity contribution in [2.45, 2.75) is 51.2 Å². The van der Waals surface area contributed by atoms with E-state index in [0.717, 1.165) is 20.3 Å². The molecule has 176 valence electrons. The van der Waals surface area contributed by atoms with E-state index in [1.807, 2.05) is 0 Å². The molecule has 0 bridgehead atoms. The molecule has 1 fully saturated rings. The predicted octanol–water partition coefficient (Wildman–Crippen LogP) is 3.05. The van der Waals surface area contributed by atoms with Crippen molar-refractivity contribution < 1.29 is 27.2 Å². The highest BCUT2D eigenvalue weighted by atomic mass is 32.1. The maximum Gasteiger partial charge on any atom is 0.400 e. The van der Waals surface area contributed by atoms with Crippen LogP contribution in [0, 0.1) is 6.92 Å². The zero-order valence-electron chi connectivity index (χ0n) is 18.1. The molecule has 1 atom stereocenters. The number of halogens is 3. The van der Waals surface area contributed by atoms with E-state index in [0.29, 0.717) is 40.6 Å². The molecule has 2 amide bonds. The smallest absolute Gasteiger partial charge is 0.400 e. The molecule has 0 aliphatic carbocycles. The van der Waals surface area contributed by atoms with Gasteiger partial charge in [0, 0.05) is 25.2 Å². The first-order chi connectivity index (χ1) is 14.8. The molecule has 3 N–H and O–H groups in total. The molecule has 12 heteroatoms. The Balaban J connectivity index is 0.000000303. The molecule has 1 aliphatic rings. The number of hydrogen-bond donors (Lipinski definition) is 2. The third-order valence-electron chi connectivity index (χ3n) is 5.13. The van der Waals surface area contributed by atoms with Gasteiger partial charge in [-0.1, -0.05) is 11.3 Å². The van der Waals surface area contributed by atoms with Crippen LogP contribution in [0.4, 0.5) is 18.3 Å². The number of aryl methyl sites for hydroxylation is 1. The second-order valence-corrected chi connectivity index (χ2v) is 8.74. The van der Waals surface area contributed by atoms with Gasteiger partial charge in [0.25, 0.3) is 0 Å². The lowest BCUT2D eigenvalue weighted by Gasteiger charge is -2.26. The number of nitrogens with zero attached hydrogens (tertiary/aromatic N) is 2. The fraction of sp³-hybridized carbons (Fsp3) is 0.500. The van der Waals surface area contributed by atoms with Crippen molar-refractivity contribution in [2.75, 3.05) is 18.9 Å². The summed E-state index contributed by atoms with van der Waals surface area (Å²) in [5.74, 6) is -0.814. The summed E-state index contributed by atoms with van der Waals surface area (Å²) in [5.41, 5.74) is 2.96. The Morgan fingerprint density at radius 3 is 2.50 bits per heavy atom. The van der Waals surface area contributed by atoms with Gasteiger partial charge in [0.1, 0.15) is 17.2 Å². The van der Waals surface area contributed by atoms with Crippen molar-refractivity contribution in [3.63, 3.8) is 0 Å². The second-order valence-electron chi connectivity index (χ2n) is 7.74. The van der Waals surface area contributed by atoms with Crippen LogP contribution in [0.5, 0.6) is 0 Å². The van der Waals surface area contributed by atoms with Crippen LogP contribution >= 0.6 is 11.3 Å². The standard InChI is InChI=1S/C14H15F3N2O2S.C6H10N2O2/c1-7-11(22-12(18-4)19-7)8-5-9(21-10(20)6-8)13(2,3)14(15,16)17;7-6(10)5-2-1-3-8(5)4-9/h5-6H,1-4H3,(H,18,19);4-5H,1-3H2,(H2,7,10). The molecule has 3 rings (SSSR count). The van der Waals surface area contributed by atoms with Gasteiger partial charge in [0.2, 0.25) is 12.3 Å². The number of aromatic nitrogens is 1. The molecule has 0 radical (unpaired) electrons. The first-order valence-corrected chi connectivity index (χ1v) is 10.5. The number of nitrogens with one attached hydrogen (secondary N) is 1. The summed E-state index contributed by atoms with van der Waals surface area (Å²) in [5, 5.41) is 3.49. The summed E-state index contributed by atoms with van der Waals surface area (Å²) in [6.07, 6.45) is -2.25. The van der Waals surface area contributed by atoms with E-state index in [-0.39, 0.29) is 6.04 Å². The molecule has 3 heterocycles. The number of nitrogens with two attached hydrogens (primary N) is 1. The Kier molecular flexibility index (Phi) is 7.70. The number of carbonyl (C=O) groups is 2. The van der Waals surface area contributed by atoms with Crippen LogP contribution in [0.1, 0.15) is 38.1 Å². The largest absolute Gasteiger partial charge is 0.427 e. The van der Waals surface area contributed by atoms with Gasteiger partial charge in [-0.05, 0) is 39.7 Å². The Hall–Kier alpha value is -2.89. The number of thiazole rings is 1. The van der Waals surface area contributed by atoms with Gasteiger partial charge in [0.05, 0.1) is 10.6 Å². The van der Waals surface area contributed by atoms with Crippen molar-refractivity contribution in [3.8, 4) is 10.4 Å². The molecular weight excluding hydrogens is 449 g/mol. The van der Waals surface area contributed by atoms with Crippen LogP contribution in [0.25, 0.3) is 10.4 Å². The van der Waals surface area contributed by atoms with Crippen molar-refractivity contribution in [1.29, 1.82) is 0 Å². The molecule has 1 unspecified atom stereocenters. The third-order valence-corrected chi connectivity index (χ3v) is 6.35. The van der Waals surface area contributed by atoms with Gasteiger partial charge in [0.15, 0.2) is 5.13 Å². The topological polar surface area (TPSA) is 119 Å². The third kappa shape index (κ3) is 5.47. The van der Waals surface area contributed by atoms with Crippen molar-refractivity contribution in [2.24, 2.45) is 5.73 Å². The van der Waals surface area contributed by atoms with Crippen LogP contribution in [0.3, 0.4) is 0 Å². The second kappa shape index (κ2) is 9.72. The molecule has 0 spiro atoms. The maximum absolute atomic E-state index is 13.1. The van der Waals surface area contributed by atoms with Gasteiger partial charge in [-0.15, -0.1) is 0 Å². The molecular formula is C20H25F3N4O4S. The average Bonchev–Trinajstić information content (AvgIpc) is 3.33. The number of likely N-dealkylation sites (tertiary alicyclic amines) is 1. The van der Waals surface area contributed by atoms with Gasteiger partial charge in [-0.25, -0.2) is 9.78 Å². The van der Waals surface area contributed by atoms with E-state index >= 15 is 0 Å². The minimum absolute atomic E-state index is 0.350. The minimum atomic E-state index is -4.53. The van der Waals surface area contributed by atoms with Crippen molar-refractivity contribution >= 4 is 28.8 Å². The number of anilines is 1. The van der Waals surface area contributed by atoms with E-state index in [1.54, 1.807) is 14.0 Å². The van der Waals surface area contributed by atoms with Crippen LogP contribution in [0.2, 0.25) is 0 Å². The van der Waals surface area contributed by atoms with Crippen molar-refractivity contribution in [1.82, 2.24) is 9.88 Å². The van der Waals surface area contributed by atoms with E-state index in [4.69, 9.17) is 10.2 Å². The van der Waals surface area contributed by atoms with Gasteiger partial charge < -0.3 is 20.4 Å². The summed E-state index contributed by atoms with van der Waals surface area (Å²) >= 11 is 1.26. The fourth-order valence-corrected chi connectivity index (χ4v) is 3.95. The predicted molar refractivity (Wildman–Crippen MR) is 114 cm³/mol. The van der Waals surface area contributed by atoms with Gasteiger partial charge in [-0.2, -0.15) is 13.2 Å². The summed E-state index contributed by atoms with van der Waals surface area (Å²) in [7, 11) is 1.69. The molecule has 0 saturated carbocycles. The normalized spacial score (nSPS) is 16.3.